The normalized spacial score (nSPS) is 11.8. The first-order valence-corrected chi connectivity index (χ1v) is 6.65. The van der Waals surface area contributed by atoms with Gasteiger partial charge in [0.2, 0.25) is 0 Å². The predicted molar refractivity (Wildman–Crippen MR) is 82.9 cm³/mol. The van der Waals surface area contributed by atoms with Crippen LogP contribution in [0.15, 0.2) is 52.8 Å². The van der Waals surface area contributed by atoms with E-state index in [-0.39, 0.29) is 12.3 Å². The van der Waals surface area contributed by atoms with Crippen molar-refractivity contribution in [1.29, 1.82) is 0 Å². The summed E-state index contributed by atoms with van der Waals surface area (Å²) in [5.74, 6) is -0.0384. The summed E-state index contributed by atoms with van der Waals surface area (Å²) in [5.41, 5.74) is 7.63. The number of carbonyl (C=O) groups is 1. The molecule has 1 heterocycles. The first kappa shape index (κ1) is 14.7. The molecule has 2 aromatic rings. The van der Waals surface area contributed by atoms with Crippen LogP contribution in [0.3, 0.4) is 0 Å². The van der Waals surface area contributed by atoms with Crippen molar-refractivity contribution < 1.29 is 13.9 Å². The molecular weight excluding hydrogens is 266 g/mol. The molecule has 0 atom stereocenters. The highest BCUT2D eigenvalue weighted by Gasteiger charge is 2.07. The monoisotopic (exact) mass is 283 g/mol. The van der Waals surface area contributed by atoms with Crippen molar-refractivity contribution in [3.05, 3.63) is 65.2 Å². The predicted octanol–water partition coefficient (Wildman–Crippen LogP) is 3.31. The number of carbonyl (C=O) groups excluding carboxylic acids is 1. The SMILES string of the molecule is CCOC(=O)/C(N)=C/c1cc(/C=C/c2ccccc2)co1. The second-order valence-corrected chi connectivity index (χ2v) is 4.35. The third-order valence-corrected chi connectivity index (χ3v) is 2.72. The third-order valence-electron chi connectivity index (χ3n) is 2.72. The minimum absolute atomic E-state index is 0.0183. The summed E-state index contributed by atoms with van der Waals surface area (Å²) in [5, 5.41) is 0. The molecule has 0 aliphatic rings. The van der Waals surface area contributed by atoms with Gasteiger partial charge in [-0.25, -0.2) is 4.79 Å². The number of rotatable bonds is 5. The number of hydrogen-bond donors (Lipinski definition) is 1. The number of hydrogen-bond acceptors (Lipinski definition) is 4. The van der Waals surface area contributed by atoms with Gasteiger partial charge in [0, 0.05) is 11.6 Å². The fourth-order valence-corrected chi connectivity index (χ4v) is 1.71. The number of esters is 1. The van der Waals surface area contributed by atoms with E-state index < -0.39 is 5.97 Å². The number of ether oxygens (including phenoxy) is 1. The average Bonchev–Trinajstić information content (AvgIpc) is 2.94. The molecule has 2 rings (SSSR count). The van der Waals surface area contributed by atoms with Crippen LogP contribution in [0.1, 0.15) is 23.8 Å². The fourth-order valence-electron chi connectivity index (χ4n) is 1.71. The zero-order chi connectivity index (χ0) is 15.1. The van der Waals surface area contributed by atoms with E-state index in [2.05, 4.69) is 0 Å². The maximum atomic E-state index is 11.4. The molecule has 108 valence electrons. The molecular formula is C17H17NO3. The molecule has 1 aromatic carbocycles. The first-order chi connectivity index (χ1) is 10.2. The molecule has 2 N–H and O–H groups in total. The Hall–Kier alpha value is -2.75. The van der Waals surface area contributed by atoms with Crippen molar-refractivity contribution in [2.45, 2.75) is 6.92 Å². The quantitative estimate of drug-likeness (QED) is 0.675. The molecule has 1 aromatic heterocycles. The van der Waals surface area contributed by atoms with Gasteiger partial charge in [-0.05, 0) is 18.6 Å². The summed E-state index contributed by atoms with van der Waals surface area (Å²) in [6.45, 7) is 2.02. The van der Waals surface area contributed by atoms with E-state index in [9.17, 15) is 4.79 Å². The number of benzene rings is 1. The van der Waals surface area contributed by atoms with Gasteiger partial charge in [0.25, 0.3) is 0 Å². The van der Waals surface area contributed by atoms with Crippen molar-refractivity contribution in [3.8, 4) is 0 Å². The van der Waals surface area contributed by atoms with E-state index in [0.717, 1.165) is 11.1 Å². The molecule has 0 saturated heterocycles. The van der Waals surface area contributed by atoms with E-state index >= 15 is 0 Å². The summed E-state index contributed by atoms with van der Waals surface area (Å²) in [6, 6.07) is 11.7. The lowest BCUT2D eigenvalue weighted by atomic mass is 10.2. The Morgan fingerprint density at radius 3 is 2.67 bits per heavy atom. The minimum Gasteiger partial charge on any atom is -0.464 e. The Balaban J connectivity index is 2.06. The fraction of sp³-hybridized carbons (Fsp3) is 0.118. The van der Waals surface area contributed by atoms with Crippen LogP contribution in [0.25, 0.3) is 18.2 Å². The van der Waals surface area contributed by atoms with Crippen molar-refractivity contribution >= 4 is 24.2 Å². The minimum atomic E-state index is -0.546. The Morgan fingerprint density at radius 1 is 1.24 bits per heavy atom. The Labute approximate surface area is 123 Å². The average molecular weight is 283 g/mol. The van der Waals surface area contributed by atoms with Crippen molar-refractivity contribution in [3.63, 3.8) is 0 Å². The zero-order valence-electron chi connectivity index (χ0n) is 11.8. The van der Waals surface area contributed by atoms with E-state index in [1.54, 1.807) is 19.3 Å². The highest BCUT2D eigenvalue weighted by molar-refractivity contribution is 5.92. The van der Waals surface area contributed by atoms with Gasteiger partial charge in [-0.15, -0.1) is 0 Å². The Morgan fingerprint density at radius 2 is 1.95 bits per heavy atom. The zero-order valence-corrected chi connectivity index (χ0v) is 11.8. The maximum absolute atomic E-state index is 11.4. The molecule has 21 heavy (non-hydrogen) atoms. The molecule has 0 bridgehead atoms. The standard InChI is InChI=1S/C17H17NO3/c1-2-20-17(19)16(18)11-15-10-14(12-21-15)9-8-13-6-4-3-5-7-13/h3-12H,2,18H2,1H3/b9-8+,16-11-. The highest BCUT2D eigenvalue weighted by atomic mass is 16.5. The summed E-state index contributed by atoms with van der Waals surface area (Å²) in [4.78, 5) is 11.4. The maximum Gasteiger partial charge on any atom is 0.354 e. The third kappa shape index (κ3) is 4.38. The van der Waals surface area contributed by atoms with Crippen LogP contribution >= 0.6 is 0 Å². The van der Waals surface area contributed by atoms with Gasteiger partial charge in [-0.2, -0.15) is 0 Å². The molecule has 0 aliphatic carbocycles. The van der Waals surface area contributed by atoms with E-state index in [1.165, 1.54) is 6.08 Å². The molecule has 0 spiro atoms. The summed E-state index contributed by atoms with van der Waals surface area (Å²) >= 11 is 0. The van der Waals surface area contributed by atoms with E-state index in [4.69, 9.17) is 14.9 Å². The van der Waals surface area contributed by atoms with Gasteiger partial charge < -0.3 is 14.9 Å². The first-order valence-electron chi connectivity index (χ1n) is 6.65. The molecule has 0 radical (unpaired) electrons. The van der Waals surface area contributed by atoms with Gasteiger partial charge in [0.1, 0.15) is 11.5 Å². The second kappa shape index (κ2) is 7.14. The van der Waals surface area contributed by atoms with Crippen molar-refractivity contribution in [1.82, 2.24) is 0 Å². The number of nitrogens with two attached hydrogens (primary N) is 1. The molecule has 4 heteroatoms. The van der Waals surface area contributed by atoms with Crippen LogP contribution in [0.4, 0.5) is 0 Å². The van der Waals surface area contributed by atoms with Gasteiger partial charge in [0.05, 0.1) is 12.9 Å². The molecule has 0 unspecified atom stereocenters. The lowest BCUT2D eigenvalue weighted by Crippen LogP contribution is -2.14. The summed E-state index contributed by atoms with van der Waals surface area (Å²) in [7, 11) is 0. The molecule has 0 saturated carbocycles. The Bertz CT molecular complexity index is 654. The van der Waals surface area contributed by atoms with Crippen LogP contribution < -0.4 is 5.73 Å². The van der Waals surface area contributed by atoms with Crippen LogP contribution in [0.5, 0.6) is 0 Å². The van der Waals surface area contributed by atoms with E-state index in [0.29, 0.717) is 5.76 Å². The van der Waals surface area contributed by atoms with Gasteiger partial charge >= 0.3 is 5.97 Å². The lowest BCUT2D eigenvalue weighted by Gasteiger charge is -1.99. The lowest BCUT2D eigenvalue weighted by molar-refractivity contribution is -0.138. The molecule has 0 aliphatic heterocycles. The summed E-state index contributed by atoms with van der Waals surface area (Å²) < 4.78 is 10.1. The largest absolute Gasteiger partial charge is 0.464 e. The van der Waals surface area contributed by atoms with Crippen molar-refractivity contribution in [2.24, 2.45) is 5.73 Å². The smallest absolute Gasteiger partial charge is 0.354 e. The molecule has 0 fully saturated rings. The molecule has 0 amide bonds. The van der Waals surface area contributed by atoms with Gasteiger partial charge in [-0.3, -0.25) is 0 Å². The highest BCUT2D eigenvalue weighted by Crippen LogP contribution is 2.14. The van der Waals surface area contributed by atoms with Gasteiger partial charge in [0.15, 0.2) is 0 Å². The summed E-state index contributed by atoms with van der Waals surface area (Å²) in [6.07, 6.45) is 6.96. The molecule has 4 nitrogen and oxygen atoms in total. The topological polar surface area (TPSA) is 65.5 Å². The van der Waals surface area contributed by atoms with Crippen LogP contribution in [0, 0.1) is 0 Å². The number of furan rings is 1. The van der Waals surface area contributed by atoms with Gasteiger partial charge in [-0.1, -0.05) is 42.5 Å². The van der Waals surface area contributed by atoms with Crippen LogP contribution in [-0.2, 0) is 9.53 Å². The second-order valence-electron chi connectivity index (χ2n) is 4.35. The Kier molecular flexibility index (Phi) is 4.99. The van der Waals surface area contributed by atoms with Crippen LogP contribution in [-0.4, -0.2) is 12.6 Å². The van der Waals surface area contributed by atoms with Crippen LogP contribution in [0.2, 0.25) is 0 Å². The van der Waals surface area contributed by atoms with E-state index in [1.807, 2.05) is 42.5 Å². The van der Waals surface area contributed by atoms with Crippen molar-refractivity contribution in [2.75, 3.05) is 6.61 Å².